The lowest BCUT2D eigenvalue weighted by molar-refractivity contribution is -0.121. The second-order valence-corrected chi connectivity index (χ2v) is 6.29. The van der Waals surface area contributed by atoms with Gasteiger partial charge < -0.3 is 16.2 Å². The summed E-state index contributed by atoms with van der Waals surface area (Å²) in [6.07, 6.45) is 4.23. The fraction of sp³-hybridized carbons (Fsp3) is 0.238. The maximum atomic E-state index is 12.3. The first kappa shape index (κ1) is 17.9. The lowest BCUT2D eigenvalue weighted by Crippen LogP contribution is -2.30. The predicted molar refractivity (Wildman–Crippen MR) is 103 cm³/mol. The fourth-order valence-electron chi connectivity index (χ4n) is 3.15. The van der Waals surface area contributed by atoms with Crippen LogP contribution < -0.4 is 11.1 Å². The molecule has 1 atom stereocenters. The number of fused-ring (bicyclic) bond motifs is 1. The van der Waals surface area contributed by atoms with E-state index in [4.69, 9.17) is 5.73 Å². The van der Waals surface area contributed by atoms with Gasteiger partial charge in [0.2, 0.25) is 5.91 Å². The van der Waals surface area contributed by atoms with E-state index in [1.807, 2.05) is 43.3 Å². The lowest BCUT2D eigenvalue weighted by Gasteiger charge is -2.23. The first-order valence-electron chi connectivity index (χ1n) is 8.78. The van der Waals surface area contributed by atoms with Crippen molar-refractivity contribution in [1.82, 2.24) is 10.3 Å². The zero-order chi connectivity index (χ0) is 18.5. The summed E-state index contributed by atoms with van der Waals surface area (Å²) in [4.78, 5) is 16.4. The summed E-state index contributed by atoms with van der Waals surface area (Å²) in [5.74, 6) is -0.00231. The van der Waals surface area contributed by atoms with E-state index in [-0.39, 0.29) is 18.2 Å². The van der Waals surface area contributed by atoms with Crippen molar-refractivity contribution in [2.75, 3.05) is 0 Å². The molecule has 0 aliphatic carbocycles. The first-order chi connectivity index (χ1) is 12.6. The molecule has 5 nitrogen and oxygen atoms in total. The van der Waals surface area contributed by atoms with Crippen molar-refractivity contribution in [3.63, 3.8) is 0 Å². The van der Waals surface area contributed by atoms with E-state index in [2.05, 4.69) is 16.4 Å². The van der Waals surface area contributed by atoms with Crippen molar-refractivity contribution in [2.24, 2.45) is 5.73 Å². The van der Waals surface area contributed by atoms with Crippen LogP contribution in [-0.4, -0.2) is 16.0 Å². The Hall–Kier alpha value is -2.92. The molecule has 3 aromatic rings. The van der Waals surface area contributed by atoms with Crippen LogP contribution in [0.1, 0.15) is 42.5 Å². The van der Waals surface area contributed by atoms with Crippen molar-refractivity contribution in [2.45, 2.75) is 32.4 Å². The van der Waals surface area contributed by atoms with Crippen LogP contribution in [0, 0.1) is 0 Å². The monoisotopic (exact) mass is 349 g/mol. The van der Waals surface area contributed by atoms with Gasteiger partial charge in [0, 0.05) is 30.3 Å². The highest BCUT2D eigenvalue weighted by Crippen LogP contribution is 2.31. The van der Waals surface area contributed by atoms with Crippen LogP contribution in [0.3, 0.4) is 0 Å². The summed E-state index contributed by atoms with van der Waals surface area (Å²) >= 11 is 0. The number of hydrogen-bond donors (Lipinski definition) is 3. The van der Waals surface area contributed by atoms with Crippen LogP contribution in [0.2, 0.25) is 0 Å². The number of nitrogens with zero attached hydrogens (tertiary/aromatic N) is 1. The summed E-state index contributed by atoms with van der Waals surface area (Å²) in [5, 5.41) is 15.4. The van der Waals surface area contributed by atoms with Crippen LogP contribution in [0.5, 0.6) is 5.75 Å². The molecule has 26 heavy (non-hydrogen) atoms. The van der Waals surface area contributed by atoms with Gasteiger partial charge in [0.25, 0.3) is 0 Å². The molecule has 0 radical (unpaired) electrons. The maximum absolute atomic E-state index is 12.3. The van der Waals surface area contributed by atoms with Gasteiger partial charge in [0.15, 0.2) is 0 Å². The SMILES string of the molecule is CCCC(=O)N[C@H](c1ccc2ccccc2c1)c1cncc(O)c1CN. The number of hydrogen-bond acceptors (Lipinski definition) is 4. The van der Waals surface area contributed by atoms with Crippen LogP contribution in [-0.2, 0) is 11.3 Å². The van der Waals surface area contributed by atoms with Gasteiger partial charge in [0.1, 0.15) is 5.75 Å². The van der Waals surface area contributed by atoms with Crippen molar-refractivity contribution >= 4 is 16.7 Å². The number of nitrogens with two attached hydrogens (primary N) is 1. The van der Waals surface area contributed by atoms with E-state index in [9.17, 15) is 9.90 Å². The van der Waals surface area contributed by atoms with Gasteiger partial charge in [-0.25, -0.2) is 0 Å². The quantitative estimate of drug-likeness (QED) is 0.636. The zero-order valence-corrected chi connectivity index (χ0v) is 14.8. The number of rotatable bonds is 6. The average Bonchev–Trinajstić information content (AvgIpc) is 2.66. The number of pyridine rings is 1. The molecular weight excluding hydrogens is 326 g/mol. The fourth-order valence-corrected chi connectivity index (χ4v) is 3.15. The van der Waals surface area contributed by atoms with Gasteiger partial charge in [0.05, 0.1) is 12.2 Å². The molecule has 134 valence electrons. The van der Waals surface area contributed by atoms with Crippen molar-refractivity contribution < 1.29 is 9.90 Å². The van der Waals surface area contributed by atoms with Gasteiger partial charge in [-0.2, -0.15) is 0 Å². The molecule has 1 heterocycles. The van der Waals surface area contributed by atoms with Crippen LogP contribution in [0.4, 0.5) is 0 Å². The van der Waals surface area contributed by atoms with Crippen LogP contribution >= 0.6 is 0 Å². The summed E-state index contributed by atoms with van der Waals surface area (Å²) in [7, 11) is 0. The Morgan fingerprint density at radius 3 is 2.69 bits per heavy atom. The smallest absolute Gasteiger partial charge is 0.220 e. The summed E-state index contributed by atoms with van der Waals surface area (Å²) in [5.41, 5.74) is 8.08. The Balaban J connectivity index is 2.10. The molecular formula is C21H23N3O2. The minimum absolute atomic E-state index is 0.0422. The van der Waals surface area contributed by atoms with E-state index in [1.54, 1.807) is 6.20 Å². The number of nitrogens with one attached hydrogen (secondary N) is 1. The minimum atomic E-state index is -0.420. The Bertz CT molecular complexity index is 924. The summed E-state index contributed by atoms with van der Waals surface area (Å²) in [6, 6.07) is 13.7. The molecule has 0 saturated heterocycles. The number of carbonyl (C=O) groups excluding carboxylic acids is 1. The number of aromatic nitrogens is 1. The first-order valence-corrected chi connectivity index (χ1v) is 8.78. The molecule has 0 bridgehead atoms. The van der Waals surface area contributed by atoms with E-state index < -0.39 is 6.04 Å². The highest BCUT2D eigenvalue weighted by atomic mass is 16.3. The number of carbonyl (C=O) groups is 1. The molecule has 0 aliphatic heterocycles. The molecule has 0 unspecified atom stereocenters. The second-order valence-electron chi connectivity index (χ2n) is 6.29. The van der Waals surface area contributed by atoms with Gasteiger partial charge in [-0.1, -0.05) is 43.3 Å². The topological polar surface area (TPSA) is 88.2 Å². The molecule has 1 aromatic heterocycles. The normalized spacial score (nSPS) is 12.1. The van der Waals surface area contributed by atoms with Crippen molar-refractivity contribution in [3.05, 3.63) is 71.5 Å². The number of amides is 1. The summed E-state index contributed by atoms with van der Waals surface area (Å²) in [6.45, 7) is 2.13. The third-order valence-electron chi connectivity index (χ3n) is 4.47. The van der Waals surface area contributed by atoms with Crippen LogP contribution in [0.25, 0.3) is 10.8 Å². The van der Waals surface area contributed by atoms with E-state index in [0.717, 1.165) is 22.8 Å². The average molecular weight is 349 g/mol. The Labute approximate surface area is 152 Å². The zero-order valence-electron chi connectivity index (χ0n) is 14.8. The number of aromatic hydroxyl groups is 1. The Morgan fingerprint density at radius 2 is 1.96 bits per heavy atom. The lowest BCUT2D eigenvalue weighted by atomic mass is 9.93. The third-order valence-corrected chi connectivity index (χ3v) is 4.47. The van der Waals surface area contributed by atoms with E-state index >= 15 is 0 Å². The molecule has 0 fully saturated rings. The molecule has 3 rings (SSSR count). The largest absolute Gasteiger partial charge is 0.506 e. The molecule has 0 saturated carbocycles. The van der Waals surface area contributed by atoms with Gasteiger partial charge in [-0.05, 0) is 28.8 Å². The third kappa shape index (κ3) is 3.68. The Morgan fingerprint density at radius 1 is 1.19 bits per heavy atom. The molecule has 5 heteroatoms. The molecule has 0 spiro atoms. The van der Waals surface area contributed by atoms with Gasteiger partial charge in [-0.15, -0.1) is 0 Å². The van der Waals surface area contributed by atoms with Crippen molar-refractivity contribution in [3.8, 4) is 5.75 Å². The highest BCUT2D eigenvalue weighted by Gasteiger charge is 2.21. The maximum Gasteiger partial charge on any atom is 0.220 e. The standard InChI is InChI=1S/C21H23N3O2/c1-2-5-20(26)24-21(18-12-23-13-19(25)17(18)11-22)16-9-8-14-6-3-4-7-15(14)10-16/h3-4,6-10,12-13,21,25H,2,5,11,22H2,1H3,(H,24,26)/t21-/m1/s1. The van der Waals surface area contributed by atoms with Crippen molar-refractivity contribution in [1.29, 1.82) is 0 Å². The van der Waals surface area contributed by atoms with Gasteiger partial charge >= 0.3 is 0 Å². The van der Waals surface area contributed by atoms with Crippen LogP contribution in [0.15, 0.2) is 54.9 Å². The molecule has 0 aliphatic rings. The second kappa shape index (κ2) is 7.97. The molecule has 2 aromatic carbocycles. The van der Waals surface area contributed by atoms with E-state index in [1.165, 1.54) is 6.20 Å². The highest BCUT2D eigenvalue weighted by molar-refractivity contribution is 5.84. The predicted octanol–water partition coefficient (Wildman–Crippen LogP) is 3.40. The molecule has 1 amide bonds. The molecule has 4 N–H and O–H groups in total. The van der Waals surface area contributed by atoms with E-state index in [0.29, 0.717) is 17.5 Å². The van der Waals surface area contributed by atoms with Gasteiger partial charge in [-0.3, -0.25) is 9.78 Å². The summed E-state index contributed by atoms with van der Waals surface area (Å²) < 4.78 is 0. The minimum Gasteiger partial charge on any atom is -0.506 e. The number of benzene rings is 2. The Kier molecular flexibility index (Phi) is 5.49.